The van der Waals surface area contributed by atoms with E-state index in [-0.39, 0.29) is 0 Å². The van der Waals surface area contributed by atoms with Crippen molar-refractivity contribution in [2.75, 3.05) is 11.6 Å². The first-order chi connectivity index (χ1) is 8.19. The molecule has 0 unspecified atom stereocenters. The van der Waals surface area contributed by atoms with E-state index in [1.807, 2.05) is 18.2 Å². The molecule has 0 aromatic heterocycles. The number of para-hydroxylation sites is 1. The number of aliphatic hydroxyl groups is 1. The first kappa shape index (κ1) is 12.6. The van der Waals surface area contributed by atoms with Crippen molar-refractivity contribution >= 4 is 11.7 Å². The number of hydrogen-bond donors (Lipinski definition) is 3. The zero-order chi connectivity index (χ0) is 12.7. The number of benzene rings is 1. The summed E-state index contributed by atoms with van der Waals surface area (Å²) < 4.78 is 0. The SMILES string of the molecule is N#CO.NC(=O)NN1CCCc2ccccc21. The number of hydrogen-bond acceptors (Lipinski definition) is 4. The maximum Gasteiger partial charge on any atom is 0.330 e. The van der Waals surface area contributed by atoms with Gasteiger partial charge in [0.1, 0.15) is 0 Å². The van der Waals surface area contributed by atoms with Gasteiger partial charge in [0.05, 0.1) is 5.69 Å². The van der Waals surface area contributed by atoms with Crippen molar-refractivity contribution in [3.63, 3.8) is 0 Å². The van der Waals surface area contributed by atoms with Crippen LogP contribution in [0.5, 0.6) is 0 Å². The Morgan fingerprint density at radius 3 is 2.82 bits per heavy atom. The molecule has 6 heteroatoms. The van der Waals surface area contributed by atoms with Crippen LogP contribution >= 0.6 is 0 Å². The molecular weight excluding hydrogens is 220 g/mol. The minimum atomic E-state index is -0.512. The highest BCUT2D eigenvalue weighted by atomic mass is 16.2. The number of amides is 2. The van der Waals surface area contributed by atoms with Crippen molar-refractivity contribution in [1.82, 2.24) is 5.43 Å². The molecule has 2 rings (SSSR count). The molecule has 1 aliphatic heterocycles. The van der Waals surface area contributed by atoms with E-state index in [0.717, 1.165) is 31.3 Å². The maximum absolute atomic E-state index is 10.7. The molecule has 0 bridgehead atoms. The molecule has 0 fully saturated rings. The second-order valence-electron chi connectivity index (χ2n) is 3.46. The van der Waals surface area contributed by atoms with Crippen LogP contribution in [0.25, 0.3) is 0 Å². The highest BCUT2D eigenvalue weighted by Gasteiger charge is 2.16. The van der Waals surface area contributed by atoms with Crippen LogP contribution in [0.3, 0.4) is 0 Å². The highest BCUT2D eigenvalue weighted by molar-refractivity contribution is 5.74. The number of hydrazine groups is 1. The summed E-state index contributed by atoms with van der Waals surface area (Å²) in [6.45, 7) is 0.819. The molecule has 1 aromatic rings. The minimum absolute atomic E-state index is 0.512. The van der Waals surface area contributed by atoms with E-state index in [0.29, 0.717) is 0 Å². The van der Waals surface area contributed by atoms with Crippen LogP contribution in [0.1, 0.15) is 12.0 Å². The molecule has 1 aliphatic rings. The topological polar surface area (TPSA) is 102 Å². The number of anilines is 1. The van der Waals surface area contributed by atoms with Gasteiger partial charge < -0.3 is 10.8 Å². The van der Waals surface area contributed by atoms with E-state index < -0.39 is 6.03 Å². The molecule has 4 N–H and O–H groups in total. The average Bonchev–Trinajstić information content (AvgIpc) is 2.30. The third kappa shape index (κ3) is 3.57. The van der Waals surface area contributed by atoms with Gasteiger partial charge in [-0.3, -0.25) is 5.01 Å². The number of primary amides is 1. The van der Waals surface area contributed by atoms with Gasteiger partial charge in [0, 0.05) is 6.54 Å². The van der Waals surface area contributed by atoms with Gasteiger partial charge in [-0.15, -0.1) is 0 Å². The number of aryl methyl sites for hydroxylation is 1. The Hall–Kier alpha value is -2.42. The fourth-order valence-electron chi connectivity index (χ4n) is 1.78. The Morgan fingerprint density at radius 2 is 2.18 bits per heavy atom. The van der Waals surface area contributed by atoms with Gasteiger partial charge in [-0.1, -0.05) is 18.2 Å². The van der Waals surface area contributed by atoms with Crippen LogP contribution in [0.15, 0.2) is 24.3 Å². The van der Waals surface area contributed by atoms with E-state index >= 15 is 0 Å². The zero-order valence-electron chi connectivity index (χ0n) is 9.26. The summed E-state index contributed by atoms with van der Waals surface area (Å²) in [6.07, 6.45) is 2.85. The van der Waals surface area contributed by atoms with Crippen LogP contribution in [-0.4, -0.2) is 17.7 Å². The molecular formula is C11H14N4O2. The summed E-state index contributed by atoms with van der Waals surface area (Å²) >= 11 is 0. The number of urea groups is 1. The van der Waals surface area contributed by atoms with Crippen LogP contribution < -0.4 is 16.2 Å². The minimum Gasteiger partial charge on any atom is -0.443 e. The summed E-state index contributed by atoms with van der Waals surface area (Å²) in [5, 5.41) is 15.6. The standard InChI is InChI=1S/C10H13N3O.CHNO/c11-10(14)12-13-7-3-5-8-4-1-2-6-9(8)13;2-1-3/h1-2,4,6H,3,5,7H2,(H3,11,12,14);3H. The molecule has 0 saturated heterocycles. The van der Waals surface area contributed by atoms with Gasteiger partial charge in [-0.05, 0) is 24.5 Å². The van der Waals surface area contributed by atoms with Crippen molar-refractivity contribution in [3.8, 4) is 6.26 Å². The first-order valence-corrected chi connectivity index (χ1v) is 5.13. The van der Waals surface area contributed by atoms with Gasteiger partial charge in [0.15, 0.2) is 0 Å². The smallest absolute Gasteiger partial charge is 0.330 e. The number of nitrogens with one attached hydrogen (secondary N) is 1. The summed E-state index contributed by atoms with van der Waals surface area (Å²) in [6, 6.07) is 7.52. The molecule has 90 valence electrons. The van der Waals surface area contributed by atoms with Crippen molar-refractivity contribution in [2.24, 2.45) is 5.73 Å². The Morgan fingerprint density at radius 1 is 1.53 bits per heavy atom. The Kier molecular flexibility index (Phi) is 4.63. The number of nitrogens with two attached hydrogens (primary N) is 1. The number of aliphatic hydroxyl groups excluding tert-OH is 1. The van der Waals surface area contributed by atoms with Gasteiger partial charge >= 0.3 is 6.03 Å². The van der Waals surface area contributed by atoms with Gasteiger partial charge in [-0.25, -0.2) is 10.2 Å². The van der Waals surface area contributed by atoms with Gasteiger partial charge in [0.2, 0.25) is 0 Å². The maximum atomic E-state index is 10.7. The normalized spacial score (nSPS) is 12.5. The molecule has 0 atom stereocenters. The molecule has 0 saturated carbocycles. The van der Waals surface area contributed by atoms with Crippen LogP contribution in [0, 0.1) is 11.5 Å². The highest BCUT2D eigenvalue weighted by Crippen LogP contribution is 2.24. The quantitative estimate of drug-likeness (QED) is 0.627. The number of carbonyl (C=O) groups is 1. The lowest BCUT2D eigenvalue weighted by Gasteiger charge is -2.30. The fourth-order valence-corrected chi connectivity index (χ4v) is 1.78. The Balaban J connectivity index is 0.000000437. The van der Waals surface area contributed by atoms with Crippen molar-refractivity contribution < 1.29 is 9.90 Å². The molecule has 17 heavy (non-hydrogen) atoms. The summed E-state index contributed by atoms with van der Waals surface area (Å²) in [4.78, 5) is 10.7. The van der Waals surface area contributed by atoms with Gasteiger partial charge in [0.25, 0.3) is 6.26 Å². The summed E-state index contributed by atoms with van der Waals surface area (Å²) in [7, 11) is 0. The number of carbonyl (C=O) groups excluding carboxylic acids is 1. The molecule has 0 radical (unpaired) electrons. The fraction of sp³-hybridized carbons (Fsp3) is 0.273. The van der Waals surface area contributed by atoms with E-state index in [2.05, 4.69) is 11.5 Å². The molecule has 1 aromatic carbocycles. The molecule has 0 aliphatic carbocycles. The lowest BCUT2D eigenvalue weighted by molar-refractivity contribution is 0.247. The van der Waals surface area contributed by atoms with E-state index in [1.54, 1.807) is 5.01 Å². The van der Waals surface area contributed by atoms with E-state index in [9.17, 15) is 4.79 Å². The van der Waals surface area contributed by atoms with Crippen LogP contribution in [0.4, 0.5) is 10.5 Å². The monoisotopic (exact) mass is 234 g/mol. The second-order valence-corrected chi connectivity index (χ2v) is 3.46. The number of rotatable bonds is 1. The predicted octanol–water partition coefficient (Wildman–Crippen LogP) is 0.862. The van der Waals surface area contributed by atoms with Crippen molar-refractivity contribution in [3.05, 3.63) is 29.8 Å². The molecule has 1 heterocycles. The zero-order valence-corrected chi connectivity index (χ0v) is 9.26. The molecule has 2 amide bonds. The summed E-state index contributed by atoms with van der Waals surface area (Å²) in [5.74, 6) is 0. The van der Waals surface area contributed by atoms with Gasteiger partial charge in [-0.2, -0.15) is 5.26 Å². The summed E-state index contributed by atoms with van der Waals surface area (Å²) in [5.41, 5.74) is 10.0. The predicted molar refractivity (Wildman–Crippen MR) is 62.4 cm³/mol. The lowest BCUT2D eigenvalue weighted by atomic mass is 10.0. The number of fused-ring (bicyclic) bond motifs is 1. The van der Waals surface area contributed by atoms with E-state index in [1.165, 1.54) is 5.56 Å². The van der Waals surface area contributed by atoms with E-state index in [4.69, 9.17) is 16.1 Å². The lowest BCUT2D eigenvalue weighted by Crippen LogP contribution is -2.47. The number of nitriles is 1. The van der Waals surface area contributed by atoms with Crippen LogP contribution in [-0.2, 0) is 6.42 Å². The van der Waals surface area contributed by atoms with Crippen molar-refractivity contribution in [1.29, 1.82) is 5.26 Å². The molecule has 0 spiro atoms. The Labute approximate surface area is 99.2 Å². The largest absolute Gasteiger partial charge is 0.443 e. The first-order valence-electron chi connectivity index (χ1n) is 5.13. The third-order valence-corrected chi connectivity index (χ3v) is 2.36. The van der Waals surface area contributed by atoms with Crippen LogP contribution in [0.2, 0.25) is 0 Å². The van der Waals surface area contributed by atoms with Crippen molar-refractivity contribution in [2.45, 2.75) is 12.8 Å². The average molecular weight is 234 g/mol. The third-order valence-electron chi connectivity index (χ3n) is 2.36. The Bertz CT molecular complexity index is 428. The second kappa shape index (κ2) is 6.23. The number of nitrogens with zero attached hydrogens (tertiary/aromatic N) is 2. The molecule has 6 nitrogen and oxygen atoms in total.